The van der Waals surface area contributed by atoms with Crippen LogP contribution in [0.15, 0.2) is 0 Å². The third kappa shape index (κ3) is 2.00. The Morgan fingerprint density at radius 3 is 2.28 bits per heavy atom. The summed E-state index contributed by atoms with van der Waals surface area (Å²) in [5.74, 6) is -1.68. The van der Waals surface area contributed by atoms with Crippen LogP contribution >= 0.6 is 0 Å². The summed E-state index contributed by atoms with van der Waals surface area (Å²) in [5, 5.41) is 9.12. The van der Waals surface area contributed by atoms with Crippen LogP contribution in [-0.4, -0.2) is 59.5 Å². The molecule has 1 aliphatic heterocycles. The van der Waals surface area contributed by atoms with Gasteiger partial charge in [0.25, 0.3) is 0 Å². The van der Waals surface area contributed by atoms with Crippen molar-refractivity contribution < 1.29 is 14.7 Å². The molecule has 2 rings (SSSR count). The van der Waals surface area contributed by atoms with Gasteiger partial charge in [-0.3, -0.25) is 9.59 Å². The van der Waals surface area contributed by atoms with Crippen molar-refractivity contribution in [2.75, 3.05) is 26.7 Å². The zero-order chi connectivity index (χ0) is 13.7. The van der Waals surface area contributed by atoms with E-state index in [9.17, 15) is 9.59 Å². The van der Waals surface area contributed by atoms with Crippen molar-refractivity contribution in [3.05, 3.63) is 0 Å². The summed E-state index contributed by atoms with van der Waals surface area (Å²) in [5.41, 5.74) is -0.393. The van der Waals surface area contributed by atoms with Gasteiger partial charge in [0.05, 0.1) is 11.8 Å². The molecule has 5 nitrogen and oxygen atoms in total. The summed E-state index contributed by atoms with van der Waals surface area (Å²) < 4.78 is 0. The van der Waals surface area contributed by atoms with Gasteiger partial charge in [0.2, 0.25) is 5.91 Å². The Hall–Kier alpha value is -1.10. The number of rotatable bonds is 2. The summed E-state index contributed by atoms with van der Waals surface area (Å²) >= 11 is 0. The van der Waals surface area contributed by atoms with Crippen molar-refractivity contribution >= 4 is 11.9 Å². The topological polar surface area (TPSA) is 60.9 Å². The molecule has 0 bridgehead atoms. The van der Waals surface area contributed by atoms with Crippen LogP contribution in [0.25, 0.3) is 0 Å². The fraction of sp³-hybridized carbons (Fsp3) is 0.846. The Morgan fingerprint density at radius 2 is 1.83 bits per heavy atom. The monoisotopic (exact) mass is 254 g/mol. The molecule has 1 unspecified atom stereocenters. The van der Waals surface area contributed by atoms with Crippen LogP contribution in [0.2, 0.25) is 0 Å². The lowest BCUT2D eigenvalue weighted by atomic mass is 10.1. The molecule has 3 atom stereocenters. The van der Waals surface area contributed by atoms with Crippen molar-refractivity contribution in [1.82, 2.24) is 9.80 Å². The van der Waals surface area contributed by atoms with Crippen LogP contribution in [0.5, 0.6) is 0 Å². The Bertz CT molecular complexity index is 380. The van der Waals surface area contributed by atoms with Crippen molar-refractivity contribution in [3.63, 3.8) is 0 Å². The molecule has 1 heterocycles. The van der Waals surface area contributed by atoms with E-state index in [1.54, 1.807) is 0 Å². The van der Waals surface area contributed by atoms with E-state index in [0.29, 0.717) is 19.1 Å². The van der Waals surface area contributed by atoms with Gasteiger partial charge in [-0.25, -0.2) is 0 Å². The normalized spacial score (nSPS) is 35.3. The van der Waals surface area contributed by atoms with Crippen LogP contribution in [-0.2, 0) is 9.59 Å². The Kier molecular flexibility index (Phi) is 3.13. The van der Waals surface area contributed by atoms with Gasteiger partial charge < -0.3 is 14.9 Å². The van der Waals surface area contributed by atoms with Crippen LogP contribution in [0.1, 0.15) is 20.8 Å². The van der Waals surface area contributed by atoms with E-state index in [-0.39, 0.29) is 11.8 Å². The first-order valence-corrected chi connectivity index (χ1v) is 6.48. The summed E-state index contributed by atoms with van der Waals surface area (Å²) in [4.78, 5) is 27.6. The van der Waals surface area contributed by atoms with Gasteiger partial charge in [0.15, 0.2) is 0 Å². The van der Waals surface area contributed by atoms with E-state index in [4.69, 9.17) is 5.11 Å². The molecule has 5 heteroatoms. The second-order valence-corrected chi connectivity index (χ2v) is 6.23. The number of hydrogen-bond donors (Lipinski definition) is 1. The zero-order valence-electron chi connectivity index (χ0n) is 11.5. The maximum absolute atomic E-state index is 12.4. The van der Waals surface area contributed by atoms with Crippen LogP contribution in [0.4, 0.5) is 0 Å². The average Bonchev–Trinajstić information content (AvgIpc) is 2.85. The highest BCUT2D eigenvalue weighted by Gasteiger charge is 2.66. The average molecular weight is 254 g/mol. The SMILES string of the molecule is CC1CN(C(=O)[C@H]2[C@@H](C(=O)O)C2(C)C)CCN1C. The summed E-state index contributed by atoms with van der Waals surface area (Å²) in [6, 6.07) is 0.341. The van der Waals surface area contributed by atoms with E-state index in [2.05, 4.69) is 11.8 Å². The number of carboxylic acid groups (broad SMARTS) is 1. The van der Waals surface area contributed by atoms with E-state index in [0.717, 1.165) is 6.54 Å². The quantitative estimate of drug-likeness (QED) is 0.780. The highest BCUT2D eigenvalue weighted by Crippen LogP contribution is 2.59. The van der Waals surface area contributed by atoms with Gasteiger partial charge in [0.1, 0.15) is 0 Å². The maximum atomic E-state index is 12.4. The van der Waals surface area contributed by atoms with Crippen molar-refractivity contribution in [2.24, 2.45) is 17.3 Å². The first-order chi connectivity index (χ1) is 8.26. The van der Waals surface area contributed by atoms with Crippen LogP contribution in [0.3, 0.4) is 0 Å². The Balaban J connectivity index is 2.03. The standard InChI is InChI=1S/C13H22N2O3/c1-8-7-15(6-5-14(8)4)11(16)9-10(12(17)18)13(9,2)3/h8-10H,5-7H2,1-4H3,(H,17,18)/t8?,9-,10+/m1/s1. The number of nitrogens with zero attached hydrogens (tertiary/aromatic N) is 2. The van der Waals surface area contributed by atoms with Crippen LogP contribution < -0.4 is 0 Å². The molecule has 1 saturated carbocycles. The molecular formula is C13H22N2O3. The first kappa shape index (κ1) is 13.3. The number of carbonyl (C=O) groups excluding carboxylic acids is 1. The molecule has 2 aliphatic rings. The van der Waals surface area contributed by atoms with Crippen molar-refractivity contribution in [3.8, 4) is 0 Å². The molecule has 2 fully saturated rings. The molecule has 1 aliphatic carbocycles. The van der Waals surface area contributed by atoms with E-state index >= 15 is 0 Å². The smallest absolute Gasteiger partial charge is 0.307 e. The molecule has 0 radical (unpaired) electrons. The summed E-state index contributed by atoms with van der Waals surface area (Å²) in [7, 11) is 2.05. The predicted octanol–water partition coefficient (Wildman–Crippen LogP) is 0.506. The molecule has 1 amide bonds. The highest BCUT2D eigenvalue weighted by molar-refractivity contribution is 5.91. The van der Waals surface area contributed by atoms with Gasteiger partial charge in [-0.05, 0) is 19.4 Å². The zero-order valence-corrected chi connectivity index (χ0v) is 11.5. The molecule has 18 heavy (non-hydrogen) atoms. The predicted molar refractivity (Wildman–Crippen MR) is 67.1 cm³/mol. The first-order valence-electron chi connectivity index (χ1n) is 6.48. The van der Waals surface area contributed by atoms with E-state index in [1.165, 1.54) is 0 Å². The molecular weight excluding hydrogens is 232 g/mol. The minimum absolute atomic E-state index is 0.0207. The minimum Gasteiger partial charge on any atom is -0.481 e. The molecule has 102 valence electrons. The molecule has 1 saturated heterocycles. The van der Waals surface area contributed by atoms with Gasteiger partial charge in [-0.1, -0.05) is 13.8 Å². The lowest BCUT2D eigenvalue weighted by molar-refractivity contribution is -0.142. The van der Waals surface area contributed by atoms with Crippen molar-refractivity contribution in [1.29, 1.82) is 0 Å². The lowest BCUT2D eigenvalue weighted by Gasteiger charge is -2.38. The molecule has 0 spiro atoms. The summed E-state index contributed by atoms with van der Waals surface area (Å²) in [6.45, 7) is 8.10. The number of carboxylic acids is 1. The third-order valence-corrected chi connectivity index (χ3v) is 4.63. The number of aliphatic carboxylic acids is 1. The number of hydrogen-bond acceptors (Lipinski definition) is 3. The summed E-state index contributed by atoms with van der Waals surface area (Å²) in [6.07, 6.45) is 0. The maximum Gasteiger partial charge on any atom is 0.307 e. The van der Waals surface area contributed by atoms with E-state index < -0.39 is 17.3 Å². The number of amides is 1. The number of carbonyl (C=O) groups is 2. The van der Waals surface area contributed by atoms with Gasteiger partial charge in [-0.15, -0.1) is 0 Å². The number of likely N-dealkylation sites (N-methyl/N-ethyl adjacent to an activating group) is 1. The lowest BCUT2D eigenvalue weighted by Crippen LogP contribution is -2.52. The minimum atomic E-state index is -0.847. The third-order valence-electron chi connectivity index (χ3n) is 4.63. The van der Waals surface area contributed by atoms with Crippen molar-refractivity contribution in [2.45, 2.75) is 26.8 Å². The van der Waals surface area contributed by atoms with Gasteiger partial charge in [-0.2, -0.15) is 0 Å². The Labute approximate surface area is 108 Å². The molecule has 0 aromatic carbocycles. The Morgan fingerprint density at radius 1 is 1.22 bits per heavy atom. The fourth-order valence-electron chi connectivity index (χ4n) is 3.00. The molecule has 0 aromatic heterocycles. The highest BCUT2D eigenvalue weighted by atomic mass is 16.4. The second kappa shape index (κ2) is 4.23. The molecule has 1 N–H and O–H groups in total. The molecule has 0 aromatic rings. The van der Waals surface area contributed by atoms with Crippen LogP contribution in [0, 0.1) is 17.3 Å². The van der Waals surface area contributed by atoms with Gasteiger partial charge in [0, 0.05) is 25.7 Å². The van der Waals surface area contributed by atoms with E-state index in [1.807, 2.05) is 25.8 Å². The number of piperazine rings is 1. The largest absolute Gasteiger partial charge is 0.481 e. The fourth-order valence-corrected chi connectivity index (χ4v) is 3.00. The second-order valence-electron chi connectivity index (χ2n) is 6.23. The van der Waals surface area contributed by atoms with Gasteiger partial charge >= 0.3 is 5.97 Å².